The zero-order valence-corrected chi connectivity index (χ0v) is 16.0. The number of ether oxygens (including phenoxy) is 1. The molecule has 0 atom stereocenters. The molecule has 0 saturated heterocycles. The van der Waals surface area contributed by atoms with Crippen LogP contribution in [0.2, 0.25) is 0 Å². The minimum atomic E-state index is -0.303. The molecule has 0 rings (SSSR count). The number of carbonyl (C=O) groups is 1. The van der Waals surface area contributed by atoms with Crippen LogP contribution in [-0.2, 0) is 9.53 Å². The van der Waals surface area contributed by atoms with Gasteiger partial charge >= 0.3 is 6.21 Å². The van der Waals surface area contributed by atoms with Gasteiger partial charge in [0.05, 0.1) is 0 Å². The second-order valence-corrected chi connectivity index (χ2v) is 6.35. The number of ketones is 1. The summed E-state index contributed by atoms with van der Waals surface area (Å²) in [6, 6.07) is 0. The number of unbranched alkanes of at least 4 members (excludes halogenated alkanes) is 9. The van der Waals surface area contributed by atoms with Gasteiger partial charge in [0.1, 0.15) is 6.61 Å². The number of hydrogen-bond donors (Lipinski definition) is 0. The maximum Gasteiger partial charge on any atom is 0.325 e. The summed E-state index contributed by atoms with van der Waals surface area (Å²) in [4.78, 5) is 13.6. The highest BCUT2D eigenvalue weighted by Crippen LogP contribution is 2.08. The summed E-state index contributed by atoms with van der Waals surface area (Å²) < 4.78 is 5.20. The standard InChI is InChI=1S/C21H36N2O2/c1-2-3-4-5-6-7-8-9-10-11-12-13-14-15-16-17-18-25-20-21(24)19-23-22/h6-7,9-10,19H,2-5,8,11-18,20H2,1H3/b7-6-,10-9-. The SMILES string of the molecule is CCCCC/C=C\C/C=C\CCCCCCCCOCC(=O)C=[N+]=[N-]. The van der Waals surface area contributed by atoms with Gasteiger partial charge in [0.15, 0.2) is 0 Å². The van der Waals surface area contributed by atoms with E-state index in [1.54, 1.807) is 0 Å². The smallest absolute Gasteiger partial charge is 0.325 e. The summed E-state index contributed by atoms with van der Waals surface area (Å²) in [6.45, 7) is 2.84. The molecule has 4 heteroatoms. The normalized spacial score (nSPS) is 11.2. The molecule has 0 fully saturated rings. The molecule has 0 N–H and O–H groups in total. The average molecular weight is 349 g/mol. The number of rotatable bonds is 18. The van der Waals surface area contributed by atoms with Crippen LogP contribution >= 0.6 is 0 Å². The third kappa shape index (κ3) is 20.4. The van der Waals surface area contributed by atoms with Crippen LogP contribution in [0, 0.1) is 0 Å². The molecular formula is C21H36N2O2. The molecule has 142 valence electrons. The molecule has 0 aliphatic rings. The predicted octanol–water partition coefficient (Wildman–Crippen LogP) is 5.69. The van der Waals surface area contributed by atoms with Crippen molar-refractivity contribution in [1.29, 1.82) is 0 Å². The monoisotopic (exact) mass is 348 g/mol. The van der Waals surface area contributed by atoms with Gasteiger partial charge in [0.25, 0.3) is 5.78 Å². The highest BCUT2D eigenvalue weighted by molar-refractivity contribution is 6.25. The fourth-order valence-corrected chi connectivity index (χ4v) is 2.47. The number of nitrogens with zero attached hydrogens (tertiary/aromatic N) is 2. The minimum absolute atomic E-state index is 0.00429. The first-order valence-electron chi connectivity index (χ1n) is 9.89. The molecule has 0 radical (unpaired) electrons. The van der Waals surface area contributed by atoms with Crippen molar-refractivity contribution in [3.8, 4) is 0 Å². The van der Waals surface area contributed by atoms with Crippen LogP contribution in [0.3, 0.4) is 0 Å². The van der Waals surface area contributed by atoms with E-state index in [-0.39, 0.29) is 12.4 Å². The highest BCUT2D eigenvalue weighted by atomic mass is 16.5. The first kappa shape index (κ1) is 23.5. The van der Waals surface area contributed by atoms with Crippen LogP contribution in [0.1, 0.15) is 84.0 Å². The molecule has 0 bridgehead atoms. The lowest BCUT2D eigenvalue weighted by molar-refractivity contribution is -0.120. The van der Waals surface area contributed by atoms with E-state index >= 15 is 0 Å². The molecule has 0 saturated carbocycles. The average Bonchev–Trinajstić information content (AvgIpc) is 2.61. The fraction of sp³-hybridized carbons (Fsp3) is 0.714. The summed E-state index contributed by atoms with van der Waals surface area (Å²) in [5.74, 6) is -0.303. The molecule has 0 heterocycles. The fourth-order valence-electron chi connectivity index (χ4n) is 2.47. The van der Waals surface area contributed by atoms with E-state index < -0.39 is 0 Å². The van der Waals surface area contributed by atoms with E-state index in [0.717, 1.165) is 25.5 Å². The molecule has 4 nitrogen and oxygen atoms in total. The predicted molar refractivity (Wildman–Crippen MR) is 105 cm³/mol. The van der Waals surface area contributed by atoms with Crippen LogP contribution in [0.25, 0.3) is 5.53 Å². The van der Waals surface area contributed by atoms with Gasteiger partial charge < -0.3 is 10.3 Å². The van der Waals surface area contributed by atoms with Crippen molar-refractivity contribution in [3.63, 3.8) is 0 Å². The van der Waals surface area contributed by atoms with Crippen LogP contribution in [0.15, 0.2) is 24.3 Å². The maximum absolute atomic E-state index is 11.0. The molecule has 0 aromatic rings. The molecular weight excluding hydrogens is 312 g/mol. The van der Waals surface area contributed by atoms with Gasteiger partial charge in [-0.05, 0) is 38.5 Å². The molecule has 0 amide bonds. The number of allylic oxidation sites excluding steroid dienone is 4. The number of hydrogen-bond acceptors (Lipinski definition) is 2. The largest absolute Gasteiger partial charge is 0.373 e. The number of carbonyl (C=O) groups excluding carboxylic acids is 1. The van der Waals surface area contributed by atoms with Crippen molar-refractivity contribution >= 4 is 12.0 Å². The van der Waals surface area contributed by atoms with Gasteiger partial charge in [-0.2, -0.15) is 4.79 Å². The Labute approximate surface area is 154 Å². The van der Waals surface area contributed by atoms with Gasteiger partial charge in [-0.15, -0.1) is 0 Å². The number of Topliss-reactive ketones (excluding diaryl/α,β-unsaturated/α-hetero) is 1. The van der Waals surface area contributed by atoms with Gasteiger partial charge in [-0.1, -0.05) is 69.8 Å². The van der Waals surface area contributed by atoms with Crippen LogP contribution in [-0.4, -0.2) is 30.0 Å². The Kier molecular flexibility index (Phi) is 19.3. The van der Waals surface area contributed by atoms with E-state index in [0.29, 0.717) is 6.61 Å². The highest BCUT2D eigenvalue weighted by Gasteiger charge is 2.01. The van der Waals surface area contributed by atoms with Crippen LogP contribution < -0.4 is 0 Å². The van der Waals surface area contributed by atoms with E-state index in [1.165, 1.54) is 57.8 Å². The van der Waals surface area contributed by atoms with Crippen molar-refractivity contribution in [2.75, 3.05) is 13.2 Å². The van der Waals surface area contributed by atoms with Crippen molar-refractivity contribution in [2.24, 2.45) is 0 Å². The summed E-state index contributed by atoms with van der Waals surface area (Å²) in [6.07, 6.45) is 24.6. The Morgan fingerprint density at radius 3 is 2.12 bits per heavy atom. The second kappa shape index (κ2) is 20.5. The van der Waals surface area contributed by atoms with Crippen molar-refractivity contribution in [1.82, 2.24) is 0 Å². The summed E-state index contributed by atoms with van der Waals surface area (Å²) in [5.41, 5.74) is 8.17. The first-order chi connectivity index (χ1) is 12.3. The first-order valence-corrected chi connectivity index (χ1v) is 9.89. The quantitative estimate of drug-likeness (QED) is 0.105. The van der Waals surface area contributed by atoms with Crippen molar-refractivity contribution in [2.45, 2.75) is 84.0 Å². The van der Waals surface area contributed by atoms with Crippen molar-refractivity contribution in [3.05, 3.63) is 29.8 Å². The Morgan fingerprint density at radius 2 is 1.48 bits per heavy atom. The zero-order valence-electron chi connectivity index (χ0n) is 16.0. The third-order valence-corrected chi connectivity index (χ3v) is 3.94. The molecule has 0 spiro atoms. The van der Waals surface area contributed by atoms with E-state index in [9.17, 15) is 4.79 Å². The lowest BCUT2D eigenvalue weighted by Crippen LogP contribution is -2.10. The lowest BCUT2D eigenvalue weighted by atomic mass is 10.1. The molecule has 0 aromatic heterocycles. The Balaban J connectivity index is 3.21. The molecule has 0 unspecified atom stereocenters. The third-order valence-electron chi connectivity index (χ3n) is 3.94. The minimum Gasteiger partial charge on any atom is -0.373 e. The van der Waals surface area contributed by atoms with Crippen LogP contribution in [0.5, 0.6) is 0 Å². The van der Waals surface area contributed by atoms with Crippen LogP contribution in [0.4, 0.5) is 0 Å². The van der Waals surface area contributed by atoms with E-state index in [1.807, 2.05) is 0 Å². The summed E-state index contributed by atoms with van der Waals surface area (Å²) in [5, 5.41) is 0. The summed E-state index contributed by atoms with van der Waals surface area (Å²) >= 11 is 0. The zero-order chi connectivity index (χ0) is 18.4. The molecule has 0 aromatic carbocycles. The Morgan fingerprint density at radius 1 is 0.880 bits per heavy atom. The van der Waals surface area contributed by atoms with E-state index in [4.69, 9.17) is 10.3 Å². The van der Waals surface area contributed by atoms with Gasteiger partial charge in [0, 0.05) is 6.61 Å². The topological polar surface area (TPSA) is 62.7 Å². The van der Waals surface area contributed by atoms with Gasteiger partial charge in [-0.3, -0.25) is 4.79 Å². The molecule has 0 aliphatic carbocycles. The Bertz CT molecular complexity index is 410. The molecule has 0 aliphatic heterocycles. The Hall–Kier alpha value is -1.51. The van der Waals surface area contributed by atoms with Gasteiger partial charge in [-0.25, -0.2) is 0 Å². The maximum atomic E-state index is 11.0. The van der Waals surface area contributed by atoms with E-state index in [2.05, 4.69) is 36.0 Å². The second-order valence-electron chi connectivity index (χ2n) is 6.35. The van der Waals surface area contributed by atoms with Gasteiger partial charge in [0.2, 0.25) is 0 Å². The molecule has 25 heavy (non-hydrogen) atoms. The summed E-state index contributed by atoms with van der Waals surface area (Å²) in [7, 11) is 0. The lowest BCUT2D eigenvalue weighted by Gasteiger charge is -2.01. The van der Waals surface area contributed by atoms with Crippen molar-refractivity contribution < 1.29 is 14.3 Å².